The van der Waals surface area contributed by atoms with E-state index in [1.807, 2.05) is 27.7 Å². The van der Waals surface area contributed by atoms with E-state index in [4.69, 9.17) is 4.74 Å². The SMILES string of the molecule is CNS(=O)(=O)c1ccc(F)c(C(=O)OCC(=O)N(C(C)C)C(C)C)c1. The molecule has 0 aliphatic heterocycles. The average molecular weight is 374 g/mol. The minimum Gasteiger partial charge on any atom is -0.452 e. The van der Waals surface area contributed by atoms with Gasteiger partial charge in [0.25, 0.3) is 5.91 Å². The average Bonchev–Trinajstić information content (AvgIpc) is 2.52. The third kappa shape index (κ3) is 5.23. The standard InChI is InChI=1S/C16H23FN2O5S/c1-10(2)19(11(3)4)15(20)9-24-16(21)13-8-12(6-7-14(13)17)25(22,23)18-5/h6-8,10-11,18H,9H2,1-5H3. The van der Waals surface area contributed by atoms with Gasteiger partial charge in [-0.3, -0.25) is 4.79 Å². The largest absolute Gasteiger partial charge is 0.452 e. The van der Waals surface area contributed by atoms with E-state index in [0.717, 1.165) is 18.2 Å². The van der Waals surface area contributed by atoms with Crippen molar-refractivity contribution in [3.05, 3.63) is 29.6 Å². The molecule has 9 heteroatoms. The summed E-state index contributed by atoms with van der Waals surface area (Å²) in [5.41, 5.74) is -0.551. The Kier molecular flexibility index (Phi) is 7.06. The maximum absolute atomic E-state index is 13.8. The topological polar surface area (TPSA) is 92.8 Å². The van der Waals surface area contributed by atoms with Crippen LogP contribution in [0.25, 0.3) is 0 Å². The van der Waals surface area contributed by atoms with Gasteiger partial charge in [0, 0.05) is 12.1 Å². The van der Waals surface area contributed by atoms with Gasteiger partial charge >= 0.3 is 5.97 Å². The fourth-order valence-electron chi connectivity index (χ4n) is 2.40. The first-order valence-corrected chi connectivity index (χ1v) is 9.21. The van der Waals surface area contributed by atoms with Crippen LogP contribution < -0.4 is 4.72 Å². The summed E-state index contributed by atoms with van der Waals surface area (Å²) in [4.78, 5) is 25.5. The summed E-state index contributed by atoms with van der Waals surface area (Å²) >= 11 is 0. The van der Waals surface area contributed by atoms with E-state index in [1.165, 1.54) is 11.9 Å². The molecule has 25 heavy (non-hydrogen) atoms. The summed E-state index contributed by atoms with van der Waals surface area (Å²) in [6.45, 7) is 6.74. The van der Waals surface area contributed by atoms with Crippen molar-refractivity contribution in [2.45, 2.75) is 44.7 Å². The van der Waals surface area contributed by atoms with Crippen LogP contribution in [-0.2, 0) is 19.6 Å². The van der Waals surface area contributed by atoms with E-state index in [0.29, 0.717) is 0 Å². The van der Waals surface area contributed by atoms with Gasteiger partial charge in [0.2, 0.25) is 10.0 Å². The normalized spacial score (nSPS) is 11.7. The van der Waals surface area contributed by atoms with Crippen LogP contribution in [0.5, 0.6) is 0 Å². The summed E-state index contributed by atoms with van der Waals surface area (Å²) in [7, 11) is -2.64. The van der Waals surface area contributed by atoms with E-state index in [1.54, 1.807) is 0 Å². The molecule has 1 aromatic carbocycles. The lowest BCUT2D eigenvalue weighted by Gasteiger charge is -2.30. The van der Waals surface area contributed by atoms with Crippen molar-refractivity contribution in [2.24, 2.45) is 0 Å². The van der Waals surface area contributed by atoms with Crippen LogP contribution in [0.4, 0.5) is 4.39 Å². The molecule has 0 saturated carbocycles. The zero-order valence-electron chi connectivity index (χ0n) is 14.9. The number of sulfonamides is 1. The third-order valence-electron chi connectivity index (χ3n) is 3.46. The van der Waals surface area contributed by atoms with E-state index >= 15 is 0 Å². The second-order valence-corrected chi connectivity index (χ2v) is 7.80. The van der Waals surface area contributed by atoms with E-state index in [-0.39, 0.29) is 17.0 Å². The van der Waals surface area contributed by atoms with Crippen molar-refractivity contribution in [3.8, 4) is 0 Å². The number of ether oxygens (including phenoxy) is 1. The quantitative estimate of drug-likeness (QED) is 0.731. The van der Waals surface area contributed by atoms with Crippen LogP contribution in [0.2, 0.25) is 0 Å². The molecule has 1 rings (SSSR count). The number of nitrogens with zero attached hydrogens (tertiary/aromatic N) is 1. The summed E-state index contributed by atoms with van der Waals surface area (Å²) in [5, 5.41) is 0. The number of hydrogen-bond acceptors (Lipinski definition) is 5. The van der Waals surface area contributed by atoms with Crippen molar-refractivity contribution in [2.75, 3.05) is 13.7 Å². The number of carbonyl (C=O) groups is 2. The number of benzene rings is 1. The van der Waals surface area contributed by atoms with E-state index in [9.17, 15) is 22.4 Å². The van der Waals surface area contributed by atoms with Crippen LogP contribution in [0, 0.1) is 5.82 Å². The Morgan fingerprint density at radius 3 is 2.24 bits per heavy atom. The molecule has 140 valence electrons. The van der Waals surface area contributed by atoms with Crippen molar-refractivity contribution < 1.29 is 27.1 Å². The van der Waals surface area contributed by atoms with Crippen molar-refractivity contribution >= 4 is 21.9 Å². The summed E-state index contributed by atoms with van der Waals surface area (Å²) in [5.74, 6) is -2.46. The minimum absolute atomic E-state index is 0.0907. The van der Waals surface area contributed by atoms with Gasteiger partial charge in [-0.15, -0.1) is 0 Å². The van der Waals surface area contributed by atoms with Crippen LogP contribution >= 0.6 is 0 Å². The molecule has 0 radical (unpaired) electrons. The Balaban J connectivity index is 2.95. The molecular weight excluding hydrogens is 351 g/mol. The first-order chi connectivity index (χ1) is 11.5. The number of carbonyl (C=O) groups excluding carboxylic acids is 2. The van der Waals surface area contributed by atoms with Crippen LogP contribution in [0.15, 0.2) is 23.1 Å². The van der Waals surface area contributed by atoms with Crippen LogP contribution in [-0.4, -0.2) is 50.9 Å². The summed E-state index contributed by atoms with van der Waals surface area (Å²) in [6.07, 6.45) is 0. The first kappa shape index (κ1) is 21.0. The van der Waals surface area contributed by atoms with Gasteiger partial charge in [-0.25, -0.2) is 22.3 Å². The second-order valence-electron chi connectivity index (χ2n) is 5.91. The Morgan fingerprint density at radius 1 is 1.20 bits per heavy atom. The Morgan fingerprint density at radius 2 is 1.76 bits per heavy atom. The molecule has 0 atom stereocenters. The lowest BCUT2D eigenvalue weighted by Crippen LogP contribution is -2.44. The smallest absolute Gasteiger partial charge is 0.341 e. The fourth-order valence-corrected chi connectivity index (χ4v) is 3.15. The van der Waals surface area contributed by atoms with E-state index in [2.05, 4.69) is 4.72 Å². The molecular formula is C16H23FN2O5S. The highest BCUT2D eigenvalue weighted by molar-refractivity contribution is 7.89. The number of rotatable bonds is 7. The molecule has 7 nitrogen and oxygen atoms in total. The highest BCUT2D eigenvalue weighted by atomic mass is 32.2. The van der Waals surface area contributed by atoms with Gasteiger partial charge in [-0.2, -0.15) is 0 Å². The lowest BCUT2D eigenvalue weighted by atomic mass is 10.2. The maximum atomic E-state index is 13.8. The van der Waals surface area contributed by atoms with Gasteiger partial charge in [0.05, 0.1) is 10.5 Å². The van der Waals surface area contributed by atoms with Gasteiger partial charge in [0.1, 0.15) is 5.82 Å². The number of hydrogen-bond donors (Lipinski definition) is 1. The summed E-state index contributed by atoms with van der Waals surface area (Å²) in [6, 6.07) is 2.58. The molecule has 0 aliphatic rings. The predicted molar refractivity (Wildman–Crippen MR) is 90.0 cm³/mol. The molecule has 0 spiro atoms. The summed E-state index contributed by atoms with van der Waals surface area (Å²) < 4.78 is 44.3. The Bertz CT molecular complexity index is 739. The molecule has 0 aliphatic carbocycles. The second kappa shape index (κ2) is 8.39. The highest BCUT2D eigenvalue weighted by Gasteiger charge is 2.23. The molecule has 1 N–H and O–H groups in total. The molecule has 0 heterocycles. The van der Waals surface area contributed by atoms with Crippen molar-refractivity contribution in [1.29, 1.82) is 0 Å². The molecule has 0 fully saturated rings. The molecule has 0 saturated heterocycles. The first-order valence-electron chi connectivity index (χ1n) is 7.72. The maximum Gasteiger partial charge on any atom is 0.341 e. The monoisotopic (exact) mass is 374 g/mol. The molecule has 1 amide bonds. The van der Waals surface area contributed by atoms with Crippen molar-refractivity contribution in [1.82, 2.24) is 9.62 Å². The third-order valence-corrected chi connectivity index (χ3v) is 4.88. The number of halogens is 1. The van der Waals surface area contributed by atoms with Gasteiger partial charge in [-0.05, 0) is 52.9 Å². The fraction of sp³-hybridized carbons (Fsp3) is 0.500. The van der Waals surface area contributed by atoms with Gasteiger partial charge in [-0.1, -0.05) is 0 Å². The minimum atomic E-state index is -3.84. The number of esters is 1. The predicted octanol–water partition coefficient (Wildman–Crippen LogP) is 1.54. The van der Waals surface area contributed by atoms with Crippen LogP contribution in [0.1, 0.15) is 38.1 Å². The number of nitrogens with one attached hydrogen (secondary N) is 1. The lowest BCUT2D eigenvalue weighted by molar-refractivity contribution is -0.138. The van der Waals surface area contributed by atoms with Gasteiger partial charge < -0.3 is 9.64 Å². The van der Waals surface area contributed by atoms with Crippen molar-refractivity contribution in [3.63, 3.8) is 0 Å². The Hall–Kier alpha value is -2.00. The molecule has 0 aromatic heterocycles. The highest BCUT2D eigenvalue weighted by Crippen LogP contribution is 2.16. The molecule has 1 aromatic rings. The molecule has 0 bridgehead atoms. The zero-order valence-corrected chi connectivity index (χ0v) is 15.7. The van der Waals surface area contributed by atoms with Crippen LogP contribution in [0.3, 0.4) is 0 Å². The number of amides is 1. The van der Waals surface area contributed by atoms with E-state index < -0.39 is 39.9 Å². The van der Waals surface area contributed by atoms with Gasteiger partial charge in [0.15, 0.2) is 6.61 Å². The molecule has 0 unspecified atom stereocenters. The zero-order chi connectivity index (χ0) is 19.4. The Labute approximate surface area is 147 Å².